The van der Waals surface area contributed by atoms with E-state index in [2.05, 4.69) is 4.98 Å². The lowest BCUT2D eigenvalue weighted by Gasteiger charge is -2.22. The number of H-pyrrole nitrogens is 1. The first-order chi connectivity index (χ1) is 11.4. The molecule has 2 unspecified atom stereocenters. The van der Waals surface area contributed by atoms with Crippen molar-refractivity contribution in [1.82, 2.24) is 9.88 Å². The number of benzene rings is 1. The van der Waals surface area contributed by atoms with Crippen molar-refractivity contribution in [2.45, 2.75) is 19.4 Å². The van der Waals surface area contributed by atoms with Gasteiger partial charge in [0.2, 0.25) is 5.56 Å². The van der Waals surface area contributed by atoms with Gasteiger partial charge >= 0.3 is 0 Å². The molecule has 3 rings (SSSR count). The molecule has 1 aromatic heterocycles. The van der Waals surface area contributed by atoms with E-state index < -0.39 is 10.5 Å². The Morgan fingerprint density at radius 2 is 2.16 bits per heavy atom. The van der Waals surface area contributed by atoms with Gasteiger partial charge in [0, 0.05) is 41.7 Å². The van der Waals surface area contributed by atoms with E-state index in [9.17, 15) is 19.7 Å². The second-order valence-corrected chi connectivity index (χ2v) is 6.18. The molecule has 1 amide bonds. The van der Waals surface area contributed by atoms with Crippen molar-refractivity contribution in [2.24, 2.45) is 11.7 Å². The van der Waals surface area contributed by atoms with Crippen molar-refractivity contribution in [1.29, 1.82) is 0 Å². The van der Waals surface area contributed by atoms with Gasteiger partial charge in [0.05, 0.1) is 10.5 Å². The molecule has 2 heterocycles. The normalized spacial score (nSPS) is 19.7. The summed E-state index contributed by atoms with van der Waals surface area (Å²) in [4.78, 5) is 39.6. The molecule has 25 heavy (non-hydrogen) atoms. The molecule has 0 radical (unpaired) electrons. The Bertz CT molecular complexity index is 882. The maximum Gasteiger partial charge on any atom is 0.270 e. The summed E-state index contributed by atoms with van der Waals surface area (Å²) in [6.45, 7) is 2.96. The highest BCUT2D eigenvalue weighted by atomic mass is 35.5. The van der Waals surface area contributed by atoms with Crippen LogP contribution in [0.15, 0.2) is 29.1 Å². The van der Waals surface area contributed by atoms with Crippen molar-refractivity contribution < 1.29 is 9.72 Å². The highest BCUT2D eigenvalue weighted by Gasteiger charge is 2.33. The minimum Gasteiger partial charge on any atom is -0.336 e. The van der Waals surface area contributed by atoms with E-state index in [4.69, 9.17) is 5.73 Å². The number of pyridine rings is 1. The number of nitrogens with zero attached hydrogens (tertiary/aromatic N) is 2. The van der Waals surface area contributed by atoms with Crippen LogP contribution in [0.25, 0.3) is 10.9 Å². The second kappa shape index (κ2) is 7.20. The molecule has 0 aliphatic carbocycles. The van der Waals surface area contributed by atoms with Crippen LogP contribution < -0.4 is 11.3 Å². The van der Waals surface area contributed by atoms with Gasteiger partial charge in [-0.15, -0.1) is 12.4 Å². The zero-order valence-electron chi connectivity index (χ0n) is 13.6. The highest BCUT2D eigenvalue weighted by Crippen LogP contribution is 2.27. The summed E-state index contributed by atoms with van der Waals surface area (Å²) in [7, 11) is 0. The predicted molar refractivity (Wildman–Crippen MR) is 96.1 cm³/mol. The number of halogens is 1. The zero-order valence-corrected chi connectivity index (χ0v) is 14.4. The van der Waals surface area contributed by atoms with Crippen LogP contribution in [0.2, 0.25) is 0 Å². The lowest BCUT2D eigenvalue weighted by Crippen LogP contribution is -2.35. The molecule has 1 aromatic carbocycles. The largest absolute Gasteiger partial charge is 0.336 e. The number of amides is 1. The minimum atomic E-state index is -0.526. The molecule has 0 saturated carbocycles. The average Bonchev–Trinajstić information content (AvgIpc) is 2.93. The molecule has 0 spiro atoms. The number of nitro benzene ring substituents is 1. The molecule has 2 aromatic rings. The molecule has 134 valence electrons. The van der Waals surface area contributed by atoms with Crippen LogP contribution >= 0.6 is 12.4 Å². The Hall–Kier alpha value is -2.45. The third-order valence-electron chi connectivity index (χ3n) is 4.52. The first kappa shape index (κ1) is 18.9. The standard InChI is InChI=1S/C16H18N4O4.ClH/c1-9-4-10(7-17)8-19(9)16(22)13-6-15(21)18-14-3-2-11(20(23)24)5-12(13)14;/h2-3,5-6,9-10H,4,7-8,17H2,1H3,(H,18,21);1H. The van der Waals surface area contributed by atoms with E-state index in [0.717, 1.165) is 6.42 Å². The number of fused-ring (bicyclic) bond motifs is 1. The topological polar surface area (TPSA) is 122 Å². The number of nitrogens with one attached hydrogen (secondary N) is 1. The quantitative estimate of drug-likeness (QED) is 0.631. The first-order valence-corrected chi connectivity index (χ1v) is 7.73. The Kier molecular flexibility index (Phi) is 5.44. The number of non-ortho nitro benzene ring substituents is 1. The monoisotopic (exact) mass is 366 g/mol. The van der Waals surface area contributed by atoms with Gasteiger partial charge in [-0.25, -0.2) is 0 Å². The van der Waals surface area contributed by atoms with Gasteiger partial charge in [-0.1, -0.05) is 0 Å². The van der Waals surface area contributed by atoms with Crippen molar-refractivity contribution in [3.05, 3.63) is 50.3 Å². The number of aromatic amines is 1. The van der Waals surface area contributed by atoms with Crippen LogP contribution in [0, 0.1) is 16.0 Å². The van der Waals surface area contributed by atoms with Gasteiger partial charge in [0.1, 0.15) is 0 Å². The van der Waals surface area contributed by atoms with E-state index in [0.29, 0.717) is 24.0 Å². The molecule has 3 N–H and O–H groups in total. The number of likely N-dealkylation sites (tertiary alicyclic amines) is 1. The number of hydrogen-bond acceptors (Lipinski definition) is 5. The fourth-order valence-corrected chi connectivity index (χ4v) is 3.28. The van der Waals surface area contributed by atoms with Crippen molar-refractivity contribution in [2.75, 3.05) is 13.1 Å². The van der Waals surface area contributed by atoms with Crippen molar-refractivity contribution in [3.63, 3.8) is 0 Å². The van der Waals surface area contributed by atoms with E-state index in [-0.39, 0.29) is 41.5 Å². The number of aromatic nitrogens is 1. The second-order valence-electron chi connectivity index (χ2n) is 6.18. The molecule has 2 atom stereocenters. The Balaban J connectivity index is 0.00000225. The lowest BCUT2D eigenvalue weighted by molar-refractivity contribution is -0.384. The molecular weight excluding hydrogens is 348 g/mol. The summed E-state index contributed by atoms with van der Waals surface area (Å²) in [5.41, 5.74) is 5.74. The lowest BCUT2D eigenvalue weighted by atomic mass is 10.1. The van der Waals surface area contributed by atoms with Gasteiger partial charge in [-0.2, -0.15) is 0 Å². The Morgan fingerprint density at radius 1 is 1.44 bits per heavy atom. The molecule has 0 bridgehead atoms. The fraction of sp³-hybridized carbons (Fsp3) is 0.375. The van der Waals surface area contributed by atoms with Crippen LogP contribution in [-0.2, 0) is 0 Å². The average molecular weight is 367 g/mol. The summed E-state index contributed by atoms with van der Waals surface area (Å²) in [6, 6.07) is 5.28. The summed E-state index contributed by atoms with van der Waals surface area (Å²) in [5.74, 6) is -0.0680. The van der Waals surface area contributed by atoms with Crippen LogP contribution in [0.5, 0.6) is 0 Å². The first-order valence-electron chi connectivity index (χ1n) is 7.73. The molecule has 8 nitrogen and oxygen atoms in total. The van der Waals surface area contributed by atoms with E-state index in [1.807, 2.05) is 6.92 Å². The smallest absolute Gasteiger partial charge is 0.270 e. The fourth-order valence-electron chi connectivity index (χ4n) is 3.28. The summed E-state index contributed by atoms with van der Waals surface area (Å²) >= 11 is 0. The SMILES string of the molecule is CC1CC(CN)CN1C(=O)c1cc(=O)[nH]c2ccc([N+](=O)[O-])cc12.Cl. The number of nitro groups is 1. The third kappa shape index (κ3) is 3.49. The van der Waals surface area contributed by atoms with Gasteiger partial charge in [0.25, 0.3) is 11.6 Å². The number of nitrogens with two attached hydrogens (primary N) is 1. The Labute approximate surface area is 149 Å². The number of carbonyl (C=O) groups excluding carboxylic acids is 1. The van der Waals surface area contributed by atoms with Gasteiger partial charge in [-0.05, 0) is 31.9 Å². The maximum atomic E-state index is 12.9. The summed E-state index contributed by atoms with van der Waals surface area (Å²) in [5, 5.41) is 11.4. The molecule has 9 heteroatoms. The van der Waals surface area contributed by atoms with Crippen LogP contribution in [0.3, 0.4) is 0 Å². The van der Waals surface area contributed by atoms with Gasteiger partial charge in [0.15, 0.2) is 0 Å². The van der Waals surface area contributed by atoms with E-state index in [1.165, 1.54) is 24.3 Å². The Morgan fingerprint density at radius 3 is 2.76 bits per heavy atom. The molecule has 1 aliphatic rings. The summed E-state index contributed by atoms with van der Waals surface area (Å²) in [6.07, 6.45) is 0.809. The minimum absolute atomic E-state index is 0. The van der Waals surface area contributed by atoms with Crippen LogP contribution in [0.4, 0.5) is 5.69 Å². The van der Waals surface area contributed by atoms with Gasteiger partial charge in [-0.3, -0.25) is 19.7 Å². The third-order valence-corrected chi connectivity index (χ3v) is 4.52. The highest BCUT2D eigenvalue weighted by molar-refractivity contribution is 6.06. The number of rotatable bonds is 3. The summed E-state index contributed by atoms with van der Waals surface area (Å²) < 4.78 is 0. The molecule has 1 fully saturated rings. The molecular formula is C16H19ClN4O4. The van der Waals surface area contributed by atoms with E-state index >= 15 is 0 Å². The number of carbonyl (C=O) groups is 1. The maximum absolute atomic E-state index is 12.9. The van der Waals surface area contributed by atoms with Crippen LogP contribution in [-0.4, -0.2) is 39.8 Å². The molecule has 1 saturated heterocycles. The van der Waals surface area contributed by atoms with Crippen molar-refractivity contribution in [3.8, 4) is 0 Å². The van der Waals surface area contributed by atoms with E-state index in [1.54, 1.807) is 4.90 Å². The van der Waals surface area contributed by atoms with Gasteiger partial charge < -0.3 is 15.6 Å². The van der Waals surface area contributed by atoms with Crippen LogP contribution in [0.1, 0.15) is 23.7 Å². The molecule has 1 aliphatic heterocycles. The van der Waals surface area contributed by atoms with Crippen molar-refractivity contribution >= 4 is 34.9 Å². The predicted octanol–water partition coefficient (Wildman–Crippen LogP) is 1.67. The zero-order chi connectivity index (χ0) is 17.4. The number of hydrogen-bond donors (Lipinski definition) is 2.